The van der Waals surface area contributed by atoms with Crippen molar-refractivity contribution < 1.29 is 29.4 Å². The maximum atomic E-state index is 12.6. The summed E-state index contributed by atoms with van der Waals surface area (Å²) in [6, 6.07) is -3.29. The van der Waals surface area contributed by atoms with E-state index in [-0.39, 0.29) is 24.7 Å². The van der Waals surface area contributed by atoms with Gasteiger partial charge in [0.1, 0.15) is 12.1 Å². The number of amides is 2. The van der Waals surface area contributed by atoms with E-state index in [1.54, 1.807) is 6.92 Å². The minimum absolute atomic E-state index is 0.0626. The summed E-state index contributed by atoms with van der Waals surface area (Å²) >= 11 is 0. The van der Waals surface area contributed by atoms with E-state index in [1.807, 2.05) is 6.92 Å². The summed E-state index contributed by atoms with van der Waals surface area (Å²) < 4.78 is 0. The third-order valence-electron chi connectivity index (χ3n) is 4.36. The second-order valence-electron chi connectivity index (χ2n) is 6.76. The van der Waals surface area contributed by atoms with Gasteiger partial charge in [-0.1, -0.05) is 20.3 Å². The Labute approximate surface area is 169 Å². The Kier molecular flexibility index (Phi) is 12.0. The number of guanidine groups is 1. The SMILES string of the molecule is CCC(C)C(NC(=O)C(N)CCCN=C(N)N)C(=O)NC(CCC(=O)O)C(=O)O. The van der Waals surface area contributed by atoms with E-state index < -0.39 is 48.3 Å². The van der Waals surface area contributed by atoms with E-state index >= 15 is 0 Å². The second-order valence-corrected chi connectivity index (χ2v) is 6.76. The molecule has 0 rings (SSSR count). The van der Waals surface area contributed by atoms with E-state index in [1.165, 1.54) is 0 Å². The van der Waals surface area contributed by atoms with Crippen molar-refractivity contribution in [2.24, 2.45) is 28.1 Å². The lowest BCUT2D eigenvalue weighted by atomic mass is 9.97. The van der Waals surface area contributed by atoms with Crippen molar-refractivity contribution in [3.05, 3.63) is 0 Å². The number of carboxylic acids is 2. The van der Waals surface area contributed by atoms with E-state index in [2.05, 4.69) is 15.6 Å². The summed E-state index contributed by atoms with van der Waals surface area (Å²) in [5, 5.41) is 22.8. The summed E-state index contributed by atoms with van der Waals surface area (Å²) in [4.78, 5) is 50.7. The van der Waals surface area contributed by atoms with Gasteiger partial charge in [-0.15, -0.1) is 0 Å². The molecule has 0 aromatic carbocycles. The average molecular weight is 416 g/mol. The molecule has 0 fully saturated rings. The van der Waals surface area contributed by atoms with Gasteiger partial charge in [0, 0.05) is 13.0 Å². The molecule has 0 bridgehead atoms. The second kappa shape index (κ2) is 13.3. The number of carbonyl (C=O) groups excluding carboxylic acids is 2. The standard InChI is InChI=1S/C17H32N6O6/c1-3-9(2)13(15(27)22-11(16(28)29)6-7-12(24)25)23-14(26)10(18)5-4-8-21-17(19)20/h9-11,13H,3-8,18H2,1-2H3,(H,22,27)(H,23,26)(H,24,25)(H,28,29)(H4,19,20,21). The average Bonchev–Trinajstić information content (AvgIpc) is 2.64. The molecule has 10 N–H and O–H groups in total. The zero-order valence-electron chi connectivity index (χ0n) is 16.8. The van der Waals surface area contributed by atoms with Crippen LogP contribution < -0.4 is 27.8 Å². The number of hydrogen-bond donors (Lipinski definition) is 7. The molecule has 0 aliphatic heterocycles. The van der Waals surface area contributed by atoms with Crippen molar-refractivity contribution >= 4 is 29.7 Å². The van der Waals surface area contributed by atoms with Gasteiger partial charge >= 0.3 is 11.9 Å². The third kappa shape index (κ3) is 10.9. The first-order valence-corrected chi connectivity index (χ1v) is 9.35. The molecule has 0 radical (unpaired) electrons. The van der Waals surface area contributed by atoms with Crippen LogP contribution in [-0.2, 0) is 19.2 Å². The highest BCUT2D eigenvalue weighted by Gasteiger charge is 2.31. The number of aliphatic carboxylic acids is 2. The number of hydrogen-bond acceptors (Lipinski definition) is 6. The van der Waals surface area contributed by atoms with Crippen molar-refractivity contribution in [1.29, 1.82) is 0 Å². The molecule has 29 heavy (non-hydrogen) atoms. The molecule has 4 atom stereocenters. The zero-order valence-corrected chi connectivity index (χ0v) is 16.8. The van der Waals surface area contributed by atoms with Gasteiger partial charge in [-0.05, 0) is 25.2 Å². The molecule has 12 heteroatoms. The van der Waals surface area contributed by atoms with Gasteiger partial charge < -0.3 is 38.0 Å². The van der Waals surface area contributed by atoms with Crippen LogP contribution in [0.1, 0.15) is 46.0 Å². The quantitative estimate of drug-likeness (QED) is 0.0975. The lowest BCUT2D eigenvalue weighted by Gasteiger charge is -2.26. The smallest absolute Gasteiger partial charge is 0.326 e. The fourth-order valence-electron chi connectivity index (χ4n) is 2.40. The number of carbonyl (C=O) groups is 4. The molecule has 0 spiro atoms. The normalized spacial score (nSPS) is 14.7. The number of nitrogens with two attached hydrogens (primary N) is 3. The Balaban J connectivity index is 4.98. The minimum Gasteiger partial charge on any atom is -0.481 e. The van der Waals surface area contributed by atoms with Crippen molar-refractivity contribution in [3.63, 3.8) is 0 Å². The Morgan fingerprint density at radius 2 is 1.66 bits per heavy atom. The maximum absolute atomic E-state index is 12.6. The Morgan fingerprint density at radius 1 is 1.03 bits per heavy atom. The highest BCUT2D eigenvalue weighted by Crippen LogP contribution is 2.10. The van der Waals surface area contributed by atoms with Gasteiger partial charge in [0.15, 0.2) is 5.96 Å². The molecule has 0 aromatic rings. The lowest BCUT2D eigenvalue weighted by molar-refractivity contribution is -0.143. The number of aliphatic imine (C=N–C) groups is 1. The lowest BCUT2D eigenvalue weighted by Crippen LogP contribution is -2.56. The molecule has 0 heterocycles. The predicted molar refractivity (Wildman–Crippen MR) is 106 cm³/mol. The molecule has 0 aromatic heterocycles. The highest BCUT2D eigenvalue weighted by atomic mass is 16.4. The number of nitrogens with one attached hydrogen (secondary N) is 2. The van der Waals surface area contributed by atoms with Crippen molar-refractivity contribution in [2.45, 2.75) is 64.1 Å². The van der Waals surface area contributed by atoms with Gasteiger partial charge in [0.05, 0.1) is 6.04 Å². The first-order valence-electron chi connectivity index (χ1n) is 9.35. The van der Waals surface area contributed by atoms with Crippen molar-refractivity contribution in [3.8, 4) is 0 Å². The molecule has 166 valence electrons. The van der Waals surface area contributed by atoms with Crippen molar-refractivity contribution in [2.75, 3.05) is 6.54 Å². The van der Waals surface area contributed by atoms with Gasteiger partial charge in [0.25, 0.3) is 0 Å². The van der Waals surface area contributed by atoms with Gasteiger partial charge in [-0.2, -0.15) is 0 Å². The van der Waals surface area contributed by atoms with Gasteiger partial charge in [-0.25, -0.2) is 4.79 Å². The van der Waals surface area contributed by atoms with Crippen LogP contribution in [0.3, 0.4) is 0 Å². The van der Waals surface area contributed by atoms with Crippen LogP contribution in [0.5, 0.6) is 0 Å². The summed E-state index contributed by atoms with van der Waals surface area (Å²) in [5.41, 5.74) is 16.3. The molecule has 0 aliphatic carbocycles. The minimum atomic E-state index is -1.38. The van der Waals surface area contributed by atoms with Crippen LogP contribution >= 0.6 is 0 Å². The molecule has 4 unspecified atom stereocenters. The molecule has 0 saturated carbocycles. The predicted octanol–water partition coefficient (Wildman–Crippen LogP) is -1.67. The Bertz CT molecular complexity index is 607. The van der Waals surface area contributed by atoms with E-state index in [0.717, 1.165) is 0 Å². The van der Waals surface area contributed by atoms with Crippen LogP contribution in [0.2, 0.25) is 0 Å². The summed E-state index contributed by atoms with van der Waals surface area (Å²) in [7, 11) is 0. The summed E-state index contributed by atoms with van der Waals surface area (Å²) in [6.45, 7) is 3.84. The summed E-state index contributed by atoms with van der Waals surface area (Å²) in [6.07, 6.45) is 0.585. The first-order chi connectivity index (χ1) is 13.5. The van der Waals surface area contributed by atoms with Crippen LogP contribution in [0, 0.1) is 5.92 Å². The monoisotopic (exact) mass is 416 g/mol. The Hall–Kier alpha value is -2.89. The first kappa shape index (κ1) is 26.1. The number of rotatable bonds is 14. The largest absolute Gasteiger partial charge is 0.481 e. The summed E-state index contributed by atoms with van der Waals surface area (Å²) in [5.74, 6) is -4.17. The van der Waals surface area contributed by atoms with Crippen molar-refractivity contribution in [1.82, 2.24) is 10.6 Å². The zero-order chi connectivity index (χ0) is 22.6. The van der Waals surface area contributed by atoms with Gasteiger partial charge in [0.2, 0.25) is 11.8 Å². The van der Waals surface area contributed by atoms with Crippen LogP contribution in [0.25, 0.3) is 0 Å². The fourth-order valence-corrected chi connectivity index (χ4v) is 2.40. The molecular weight excluding hydrogens is 384 g/mol. The molecule has 0 aliphatic rings. The van der Waals surface area contributed by atoms with E-state index in [4.69, 9.17) is 22.3 Å². The molecule has 0 saturated heterocycles. The van der Waals surface area contributed by atoms with Crippen LogP contribution in [0.15, 0.2) is 4.99 Å². The topological polar surface area (TPSA) is 223 Å². The third-order valence-corrected chi connectivity index (χ3v) is 4.36. The number of carboxylic acid groups (broad SMARTS) is 2. The highest BCUT2D eigenvalue weighted by molar-refractivity contribution is 5.92. The molecule has 12 nitrogen and oxygen atoms in total. The maximum Gasteiger partial charge on any atom is 0.326 e. The fraction of sp³-hybridized carbons (Fsp3) is 0.706. The Morgan fingerprint density at radius 3 is 2.14 bits per heavy atom. The number of nitrogens with zero attached hydrogens (tertiary/aromatic N) is 1. The van der Waals surface area contributed by atoms with Crippen LogP contribution in [0.4, 0.5) is 0 Å². The molecular formula is C17H32N6O6. The van der Waals surface area contributed by atoms with E-state index in [0.29, 0.717) is 19.4 Å². The van der Waals surface area contributed by atoms with E-state index in [9.17, 15) is 24.3 Å². The van der Waals surface area contributed by atoms with Crippen LogP contribution in [-0.4, -0.2) is 64.6 Å². The van der Waals surface area contributed by atoms with Gasteiger partial charge in [-0.3, -0.25) is 19.4 Å². The molecule has 2 amide bonds.